The first-order valence-electron chi connectivity index (χ1n) is 9.39. The summed E-state index contributed by atoms with van der Waals surface area (Å²) < 4.78 is 13.1. The van der Waals surface area contributed by atoms with Crippen LogP contribution in [0.2, 0.25) is 0 Å². The van der Waals surface area contributed by atoms with E-state index in [1.165, 1.54) is 47.3 Å². The average molecular weight is 396 g/mol. The number of aryl methyl sites for hydroxylation is 1. The van der Waals surface area contributed by atoms with E-state index in [1.807, 2.05) is 6.08 Å². The van der Waals surface area contributed by atoms with Crippen molar-refractivity contribution in [3.05, 3.63) is 64.3 Å². The molecule has 0 atom stereocenters. The number of aliphatic imine (C=N–C) groups is 1. The molecule has 0 spiro atoms. The minimum absolute atomic E-state index is 0.0751. The Kier molecular flexibility index (Phi) is 5.22. The van der Waals surface area contributed by atoms with Crippen LogP contribution in [0.25, 0.3) is 6.08 Å². The van der Waals surface area contributed by atoms with Crippen LogP contribution in [-0.2, 0) is 4.79 Å². The molecule has 2 aliphatic rings. The normalized spacial score (nSPS) is 20.0. The summed E-state index contributed by atoms with van der Waals surface area (Å²) in [6.45, 7) is 4.30. The number of amidine groups is 1. The van der Waals surface area contributed by atoms with Crippen molar-refractivity contribution < 1.29 is 9.18 Å². The highest BCUT2D eigenvalue weighted by Crippen LogP contribution is 2.34. The number of halogens is 1. The molecule has 0 radical (unpaired) electrons. The van der Waals surface area contributed by atoms with Gasteiger partial charge in [0.15, 0.2) is 5.17 Å². The number of amides is 1. The standard InChI is InChI=1S/C22H22FN3OS/c1-15-13-19(26-11-3-4-12-26)10-5-16(15)14-20-21(27)25(2)22(28-20)24-18-8-6-17(23)7-9-18/h5-10,13-14H,3-4,11-12H2,1-2H3/b20-14+,24-22?. The number of hydrogen-bond donors (Lipinski definition) is 0. The lowest BCUT2D eigenvalue weighted by molar-refractivity contribution is -0.121. The first kappa shape index (κ1) is 18.7. The van der Waals surface area contributed by atoms with Crippen molar-refractivity contribution in [3.63, 3.8) is 0 Å². The first-order valence-corrected chi connectivity index (χ1v) is 10.2. The van der Waals surface area contributed by atoms with E-state index in [-0.39, 0.29) is 11.7 Å². The molecule has 1 amide bonds. The number of thioether (sulfide) groups is 1. The summed E-state index contributed by atoms with van der Waals surface area (Å²) in [6, 6.07) is 12.3. The maximum absolute atomic E-state index is 13.1. The van der Waals surface area contributed by atoms with Gasteiger partial charge in [-0.05, 0) is 85.1 Å². The van der Waals surface area contributed by atoms with Crippen LogP contribution in [0.5, 0.6) is 0 Å². The van der Waals surface area contributed by atoms with Crippen LogP contribution in [0.3, 0.4) is 0 Å². The predicted molar refractivity (Wildman–Crippen MR) is 114 cm³/mol. The van der Waals surface area contributed by atoms with Crippen molar-refractivity contribution in [1.82, 2.24) is 4.90 Å². The molecule has 0 bridgehead atoms. The molecule has 0 aliphatic carbocycles. The number of likely N-dealkylation sites (N-methyl/N-ethyl adjacent to an activating group) is 1. The van der Waals surface area contributed by atoms with Crippen molar-refractivity contribution in [3.8, 4) is 0 Å². The fourth-order valence-corrected chi connectivity index (χ4v) is 4.39. The van der Waals surface area contributed by atoms with Gasteiger partial charge in [0.1, 0.15) is 5.82 Å². The Labute approximate surface area is 168 Å². The third-order valence-corrected chi connectivity index (χ3v) is 6.13. The van der Waals surface area contributed by atoms with Gasteiger partial charge in [0.2, 0.25) is 0 Å². The van der Waals surface area contributed by atoms with Gasteiger partial charge in [-0.1, -0.05) is 6.07 Å². The maximum Gasteiger partial charge on any atom is 0.266 e. The van der Waals surface area contributed by atoms with E-state index < -0.39 is 0 Å². The smallest absolute Gasteiger partial charge is 0.266 e. The van der Waals surface area contributed by atoms with Gasteiger partial charge in [-0.15, -0.1) is 0 Å². The lowest BCUT2D eigenvalue weighted by Crippen LogP contribution is -2.23. The molecule has 0 saturated carbocycles. The largest absolute Gasteiger partial charge is 0.372 e. The summed E-state index contributed by atoms with van der Waals surface area (Å²) in [4.78, 5) is 21.7. The molecule has 2 fully saturated rings. The number of hydrogen-bond acceptors (Lipinski definition) is 4. The number of rotatable bonds is 3. The van der Waals surface area contributed by atoms with Gasteiger partial charge >= 0.3 is 0 Å². The fourth-order valence-electron chi connectivity index (χ4n) is 3.41. The molecule has 0 aromatic heterocycles. The van der Waals surface area contributed by atoms with Gasteiger partial charge in [-0.3, -0.25) is 9.69 Å². The second-order valence-electron chi connectivity index (χ2n) is 7.08. The molecule has 2 aromatic carbocycles. The highest BCUT2D eigenvalue weighted by atomic mass is 32.2. The summed E-state index contributed by atoms with van der Waals surface area (Å²) in [5.74, 6) is -0.380. The number of nitrogens with zero attached hydrogens (tertiary/aromatic N) is 3. The highest BCUT2D eigenvalue weighted by molar-refractivity contribution is 8.18. The molecule has 0 unspecified atom stereocenters. The molecule has 4 nitrogen and oxygen atoms in total. The molecule has 144 valence electrons. The molecular formula is C22H22FN3OS. The molecule has 2 saturated heterocycles. The summed E-state index contributed by atoms with van der Waals surface area (Å²) in [7, 11) is 1.71. The second kappa shape index (κ2) is 7.80. The fraction of sp³-hybridized carbons (Fsp3) is 0.273. The Morgan fingerprint density at radius 2 is 1.82 bits per heavy atom. The number of carbonyl (C=O) groups is 1. The predicted octanol–water partition coefficient (Wildman–Crippen LogP) is 4.97. The van der Waals surface area contributed by atoms with Crippen molar-refractivity contribution >= 4 is 40.3 Å². The summed E-state index contributed by atoms with van der Waals surface area (Å²) >= 11 is 1.34. The van der Waals surface area contributed by atoms with Crippen LogP contribution in [0, 0.1) is 12.7 Å². The molecule has 4 rings (SSSR count). The molecule has 0 N–H and O–H groups in total. The monoisotopic (exact) mass is 395 g/mol. The lowest BCUT2D eigenvalue weighted by atomic mass is 10.1. The van der Waals surface area contributed by atoms with E-state index in [4.69, 9.17) is 0 Å². The van der Waals surface area contributed by atoms with Crippen LogP contribution in [0.1, 0.15) is 24.0 Å². The van der Waals surface area contributed by atoms with Crippen LogP contribution in [0.15, 0.2) is 52.4 Å². The third-order valence-electron chi connectivity index (χ3n) is 5.07. The van der Waals surface area contributed by atoms with Crippen molar-refractivity contribution in [1.29, 1.82) is 0 Å². The molecule has 2 aromatic rings. The van der Waals surface area contributed by atoms with Gasteiger partial charge in [0, 0.05) is 25.8 Å². The number of carbonyl (C=O) groups excluding carboxylic acids is 1. The van der Waals surface area contributed by atoms with E-state index in [1.54, 1.807) is 19.2 Å². The SMILES string of the molecule is Cc1cc(N2CCCC2)ccc1/C=C1/SC(=Nc2ccc(F)cc2)N(C)C1=O. The van der Waals surface area contributed by atoms with Gasteiger partial charge < -0.3 is 4.90 Å². The van der Waals surface area contributed by atoms with Gasteiger partial charge in [0.25, 0.3) is 5.91 Å². The van der Waals surface area contributed by atoms with E-state index in [2.05, 4.69) is 35.0 Å². The Balaban J connectivity index is 1.58. The summed E-state index contributed by atoms with van der Waals surface area (Å²) in [5.41, 5.74) is 4.06. The van der Waals surface area contributed by atoms with Crippen molar-refractivity contribution in [2.75, 3.05) is 25.0 Å². The van der Waals surface area contributed by atoms with Crippen molar-refractivity contribution in [2.45, 2.75) is 19.8 Å². The van der Waals surface area contributed by atoms with E-state index >= 15 is 0 Å². The number of benzene rings is 2. The third kappa shape index (κ3) is 3.83. The van der Waals surface area contributed by atoms with Gasteiger partial charge in [-0.25, -0.2) is 9.38 Å². The Bertz CT molecular complexity index is 962. The van der Waals surface area contributed by atoms with E-state index in [9.17, 15) is 9.18 Å². The van der Waals surface area contributed by atoms with E-state index in [0.29, 0.717) is 15.8 Å². The molecule has 6 heteroatoms. The Hall–Kier alpha value is -2.60. The molecule has 2 aliphatic heterocycles. The zero-order chi connectivity index (χ0) is 19.7. The second-order valence-corrected chi connectivity index (χ2v) is 8.09. The first-order chi connectivity index (χ1) is 13.5. The average Bonchev–Trinajstić information content (AvgIpc) is 3.31. The van der Waals surface area contributed by atoms with Gasteiger partial charge in [0.05, 0.1) is 10.6 Å². The van der Waals surface area contributed by atoms with E-state index in [0.717, 1.165) is 24.2 Å². The summed E-state index contributed by atoms with van der Waals surface area (Å²) in [6.07, 6.45) is 4.43. The minimum atomic E-state index is -0.305. The topological polar surface area (TPSA) is 35.9 Å². The Morgan fingerprint density at radius 3 is 2.50 bits per heavy atom. The van der Waals surface area contributed by atoms with Crippen LogP contribution in [0.4, 0.5) is 15.8 Å². The molecular weight excluding hydrogens is 373 g/mol. The summed E-state index contributed by atoms with van der Waals surface area (Å²) in [5, 5.41) is 0.592. The minimum Gasteiger partial charge on any atom is -0.372 e. The Morgan fingerprint density at radius 1 is 1.11 bits per heavy atom. The quantitative estimate of drug-likeness (QED) is 0.689. The van der Waals surface area contributed by atoms with Crippen LogP contribution < -0.4 is 4.90 Å². The zero-order valence-electron chi connectivity index (χ0n) is 16.0. The maximum atomic E-state index is 13.1. The number of anilines is 1. The lowest BCUT2D eigenvalue weighted by Gasteiger charge is -2.18. The van der Waals surface area contributed by atoms with Gasteiger partial charge in [-0.2, -0.15) is 0 Å². The molecule has 28 heavy (non-hydrogen) atoms. The highest BCUT2D eigenvalue weighted by Gasteiger charge is 2.30. The van der Waals surface area contributed by atoms with Crippen LogP contribution >= 0.6 is 11.8 Å². The van der Waals surface area contributed by atoms with Crippen molar-refractivity contribution in [2.24, 2.45) is 4.99 Å². The molecule has 2 heterocycles. The van der Waals surface area contributed by atoms with Crippen LogP contribution in [-0.4, -0.2) is 36.1 Å². The zero-order valence-corrected chi connectivity index (χ0v) is 16.8.